The molecular formula is C23H16F4N4O2. The SMILES string of the molecule is Cc1cnc(-c2cc(F)c(C(=O)O)c(F)c2)nc1.Cc1cnc(-c2cc(F)cc(F)c2)nc1. The third-order valence-corrected chi connectivity index (χ3v) is 4.20. The lowest BCUT2D eigenvalue weighted by molar-refractivity contribution is 0.0686. The molecule has 0 amide bonds. The first-order chi connectivity index (χ1) is 15.6. The van der Waals surface area contributed by atoms with Crippen LogP contribution >= 0.6 is 0 Å². The summed E-state index contributed by atoms with van der Waals surface area (Å²) in [6.07, 6.45) is 6.21. The molecule has 0 radical (unpaired) electrons. The minimum absolute atomic E-state index is 0.0926. The summed E-state index contributed by atoms with van der Waals surface area (Å²) in [6, 6.07) is 5.02. The van der Waals surface area contributed by atoms with Crippen LogP contribution in [0, 0.1) is 37.1 Å². The van der Waals surface area contributed by atoms with Crippen molar-refractivity contribution in [1.82, 2.24) is 19.9 Å². The molecule has 10 heteroatoms. The largest absolute Gasteiger partial charge is 0.477 e. The van der Waals surface area contributed by atoms with Crippen molar-refractivity contribution in [3.05, 3.63) is 95.1 Å². The molecule has 0 aliphatic rings. The van der Waals surface area contributed by atoms with E-state index < -0.39 is 34.8 Å². The fourth-order valence-corrected chi connectivity index (χ4v) is 2.67. The highest BCUT2D eigenvalue weighted by molar-refractivity contribution is 5.89. The first kappa shape index (κ1) is 23.5. The van der Waals surface area contributed by atoms with Crippen molar-refractivity contribution in [1.29, 1.82) is 0 Å². The second-order valence-corrected chi connectivity index (χ2v) is 6.95. The van der Waals surface area contributed by atoms with E-state index in [9.17, 15) is 22.4 Å². The molecule has 4 aromatic rings. The summed E-state index contributed by atoms with van der Waals surface area (Å²) in [5, 5.41) is 8.63. The van der Waals surface area contributed by atoms with E-state index in [1.807, 2.05) is 6.92 Å². The van der Waals surface area contributed by atoms with Crippen molar-refractivity contribution in [2.45, 2.75) is 13.8 Å². The number of halogens is 4. The Kier molecular flexibility index (Phi) is 7.07. The number of rotatable bonds is 3. The zero-order chi connectivity index (χ0) is 24.1. The van der Waals surface area contributed by atoms with E-state index in [1.165, 1.54) is 24.5 Å². The van der Waals surface area contributed by atoms with Gasteiger partial charge >= 0.3 is 5.97 Å². The predicted octanol–water partition coefficient (Wildman–Crippen LogP) is 5.16. The van der Waals surface area contributed by atoms with Gasteiger partial charge in [-0.15, -0.1) is 0 Å². The zero-order valence-corrected chi connectivity index (χ0v) is 17.4. The summed E-state index contributed by atoms with van der Waals surface area (Å²) >= 11 is 0. The van der Waals surface area contributed by atoms with Gasteiger partial charge in [0.2, 0.25) is 0 Å². The Morgan fingerprint density at radius 3 is 1.39 bits per heavy atom. The van der Waals surface area contributed by atoms with Crippen LogP contribution < -0.4 is 0 Å². The minimum atomic E-state index is -1.65. The van der Waals surface area contributed by atoms with Gasteiger partial charge in [0.1, 0.15) is 28.8 Å². The Bertz CT molecular complexity index is 1250. The lowest BCUT2D eigenvalue weighted by Crippen LogP contribution is -2.05. The molecule has 1 N–H and O–H groups in total. The van der Waals surface area contributed by atoms with Gasteiger partial charge in [0, 0.05) is 42.0 Å². The number of benzene rings is 2. The number of hydrogen-bond donors (Lipinski definition) is 1. The van der Waals surface area contributed by atoms with Gasteiger partial charge < -0.3 is 5.11 Å². The zero-order valence-electron chi connectivity index (χ0n) is 17.4. The first-order valence-corrected chi connectivity index (χ1v) is 9.40. The van der Waals surface area contributed by atoms with Crippen LogP contribution in [0.4, 0.5) is 17.6 Å². The van der Waals surface area contributed by atoms with Crippen molar-refractivity contribution in [2.75, 3.05) is 0 Å². The number of carboxylic acid groups (broad SMARTS) is 1. The first-order valence-electron chi connectivity index (χ1n) is 9.40. The minimum Gasteiger partial charge on any atom is -0.477 e. The molecule has 33 heavy (non-hydrogen) atoms. The fraction of sp³-hybridized carbons (Fsp3) is 0.0870. The highest BCUT2D eigenvalue weighted by Gasteiger charge is 2.18. The van der Waals surface area contributed by atoms with Crippen LogP contribution in [0.2, 0.25) is 0 Å². The van der Waals surface area contributed by atoms with Crippen LogP contribution in [-0.2, 0) is 0 Å². The van der Waals surface area contributed by atoms with Gasteiger partial charge in [-0.3, -0.25) is 0 Å². The van der Waals surface area contributed by atoms with Crippen molar-refractivity contribution in [3.63, 3.8) is 0 Å². The summed E-state index contributed by atoms with van der Waals surface area (Å²) in [5.41, 5.74) is 1.16. The van der Waals surface area contributed by atoms with Gasteiger partial charge in [-0.05, 0) is 49.2 Å². The third-order valence-electron chi connectivity index (χ3n) is 4.20. The summed E-state index contributed by atoms with van der Waals surface area (Å²) < 4.78 is 52.7. The lowest BCUT2D eigenvalue weighted by atomic mass is 10.1. The molecule has 6 nitrogen and oxygen atoms in total. The maximum absolute atomic E-state index is 13.5. The number of nitrogens with zero attached hydrogens (tertiary/aromatic N) is 4. The van der Waals surface area contributed by atoms with E-state index in [0.717, 1.165) is 29.3 Å². The van der Waals surface area contributed by atoms with E-state index in [4.69, 9.17) is 5.11 Å². The van der Waals surface area contributed by atoms with Crippen molar-refractivity contribution in [2.24, 2.45) is 0 Å². The molecule has 0 spiro atoms. The Morgan fingerprint density at radius 1 is 0.667 bits per heavy atom. The number of aryl methyl sites for hydroxylation is 2. The standard InChI is InChI=1S/C12H8F2N2O2.C11H8F2N2/c1-6-4-15-11(16-5-6)7-2-8(13)10(12(17)18)9(14)3-7;1-7-5-14-11(15-6-7)8-2-9(12)4-10(13)3-8/h2-5H,1H3,(H,17,18);2-6H,1H3. The van der Waals surface area contributed by atoms with Crippen LogP contribution in [0.25, 0.3) is 22.8 Å². The molecule has 0 unspecified atom stereocenters. The van der Waals surface area contributed by atoms with Crippen LogP contribution in [-0.4, -0.2) is 31.0 Å². The Hall–Kier alpha value is -4.21. The number of aromatic carboxylic acids is 1. The molecular weight excluding hydrogens is 440 g/mol. The molecule has 0 saturated heterocycles. The number of hydrogen-bond acceptors (Lipinski definition) is 5. The number of carboxylic acids is 1. The summed E-state index contributed by atoms with van der Waals surface area (Å²) in [4.78, 5) is 26.4. The Balaban J connectivity index is 0.000000189. The van der Waals surface area contributed by atoms with Crippen LogP contribution in [0.1, 0.15) is 21.5 Å². The highest BCUT2D eigenvalue weighted by atomic mass is 19.1. The normalized spacial score (nSPS) is 10.4. The molecule has 0 atom stereocenters. The van der Waals surface area contributed by atoms with Gasteiger partial charge in [0.05, 0.1) is 0 Å². The smallest absolute Gasteiger partial charge is 0.341 e. The van der Waals surface area contributed by atoms with Gasteiger partial charge in [-0.25, -0.2) is 42.3 Å². The second kappa shape index (κ2) is 9.94. The van der Waals surface area contributed by atoms with Gasteiger partial charge in [0.25, 0.3) is 0 Å². The van der Waals surface area contributed by atoms with E-state index >= 15 is 0 Å². The maximum atomic E-state index is 13.5. The molecule has 168 valence electrons. The van der Waals surface area contributed by atoms with E-state index in [1.54, 1.807) is 19.3 Å². The average Bonchev–Trinajstić information content (AvgIpc) is 2.74. The maximum Gasteiger partial charge on any atom is 0.341 e. The Morgan fingerprint density at radius 2 is 1.03 bits per heavy atom. The predicted molar refractivity (Wildman–Crippen MR) is 111 cm³/mol. The Labute approximate surface area is 185 Å². The number of aromatic nitrogens is 4. The van der Waals surface area contributed by atoms with E-state index in [2.05, 4.69) is 19.9 Å². The highest BCUT2D eigenvalue weighted by Crippen LogP contribution is 2.22. The van der Waals surface area contributed by atoms with Gasteiger partial charge in [-0.2, -0.15) is 0 Å². The molecule has 0 saturated carbocycles. The van der Waals surface area contributed by atoms with Crippen molar-refractivity contribution in [3.8, 4) is 22.8 Å². The van der Waals surface area contributed by atoms with Gasteiger partial charge in [-0.1, -0.05) is 0 Å². The lowest BCUT2D eigenvalue weighted by Gasteiger charge is -2.04. The quantitative estimate of drug-likeness (QED) is 0.429. The second-order valence-electron chi connectivity index (χ2n) is 6.95. The third kappa shape index (κ3) is 5.94. The molecule has 0 aliphatic heterocycles. The van der Waals surface area contributed by atoms with E-state index in [-0.39, 0.29) is 11.4 Å². The number of carbonyl (C=O) groups is 1. The van der Waals surface area contributed by atoms with Crippen molar-refractivity contribution < 1.29 is 27.5 Å². The molecule has 4 rings (SSSR count). The van der Waals surface area contributed by atoms with Crippen LogP contribution in [0.5, 0.6) is 0 Å². The summed E-state index contributed by atoms with van der Waals surface area (Å²) in [7, 11) is 0. The molecule has 2 heterocycles. The summed E-state index contributed by atoms with van der Waals surface area (Å²) in [6.45, 7) is 3.62. The monoisotopic (exact) mass is 456 g/mol. The van der Waals surface area contributed by atoms with Crippen molar-refractivity contribution >= 4 is 5.97 Å². The van der Waals surface area contributed by atoms with Crippen LogP contribution in [0.3, 0.4) is 0 Å². The molecule has 2 aromatic heterocycles. The fourth-order valence-electron chi connectivity index (χ4n) is 2.67. The van der Waals surface area contributed by atoms with Gasteiger partial charge in [0.15, 0.2) is 11.6 Å². The molecule has 0 fully saturated rings. The molecule has 0 bridgehead atoms. The summed E-state index contributed by atoms with van der Waals surface area (Å²) in [5.74, 6) is -4.76. The average molecular weight is 456 g/mol. The molecule has 0 aliphatic carbocycles. The topological polar surface area (TPSA) is 88.9 Å². The van der Waals surface area contributed by atoms with Crippen LogP contribution in [0.15, 0.2) is 55.1 Å². The molecule has 2 aromatic carbocycles. The van der Waals surface area contributed by atoms with E-state index in [0.29, 0.717) is 11.4 Å².